The Morgan fingerprint density at radius 3 is 3.00 bits per heavy atom. The van der Waals surface area contributed by atoms with Crippen LogP contribution in [0.5, 0.6) is 0 Å². The standard InChI is InChI=1S/C13H19N3O2/c1-8(18-2)7-15-12-6-11-9(5-10(12)14)3-4-13(17)16-11/h5-6,8,15H,3-4,7,14H2,1-2H3,(H,16,17). The number of amides is 1. The van der Waals surface area contributed by atoms with Gasteiger partial charge in [0.15, 0.2) is 0 Å². The highest BCUT2D eigenvalue weighted by Crippen LogP contribution is 2.30. The Morgan fingerprint density at radius 2 is 2.28 bits per heavy atom. The van der Waals surface area contributed by atoms with Gasteiger partial charge in [-0.2, -0.15) is 0 Å². The second kappa shape index (κ2) is 5.27. The van der Waals surface area contributed by atoms with Gasteiger partial charge in [-0.3, -0.25) is 4.79 Å². The molecule has 1 aromatic carbocycles. The number of nitrogens with one attached hydrogen (secondary N) is 2. The van der Waals surface area contributed by atoms with E-state index in [0.717, 1.165) is 23.4 Å². The molecule has 0 bridgehead atoms. The second-order valence-electron chi connectivity index (χ2n) is 4.57. The zero-order chi connectivity index (χ0) is 13.1. The van der Waals surface area contributed by atoms with E-state index in [1.807, 2.05) is 19.1 Å². The number of methoxy groups -OCH3 is 1. The fraction of sp³-hybridized carbons (Fsp3) is 0.462. The highest BCUT2D eigenvalue weighted by molar-refractivity contribution is 5.95. The Kier molecular flexibility index (Phi) is 3.72. The number of nitrogens with two attached hydrogens (primary N) is 1. The highest BCUT2D eigenvalue weighted by Gasteiger charge is 2.16. The lowest BCUT2D eigenvalue weighted by Gasteiger charge is -2.20. The van der Waals surface area contributed by atoms with Crippen LogP contribution in [0.1, 0.15) is 18.9 Å². The van der Waals surface area contributed by atoms with Crippen molar-refractivity contribution in [1.29, 1.82) is 0 Å². The van der Waals surface area contributed by atoms with Crippen molar-refractivity contribution in [2.24, 2.45) is 0 Å². The number of fused-ring (bicyclic) bond motifs is 1. The summed E-state index contributed by atoms with van der Waals surface area (Å²) in [4.78, 5) is 11.4. The van der Waals surface area contributed by atoms with Crippen molar-refractivity contribution in [3.8, 4) is 0 Å². The molecule has 0 saturated carbocycles. The smallest absolute Gasteiger partial charge is 0.224 e. The average molecular weight is 249 g/mol. The molecule has 98 valence electrons. The molecular weight excluding hydrogens is 230 g/mol. The maximum absolute atomic E-state index is 11.4. The zero-order valence-electron chi connectivity index (χ0n) is 10.7. The van der Waals surface area contributed by atoms with E-state index in [0.29, 0.717) is 18.7 Å². The Hall–Kier alpha value is -1.75. The summed E-state index contributed by atoms with van der Waals surface area (Å²) in [6.07, 6.45) is 1.38. The molecule has 1 atom stereocenters. The summed E-state index contributed by atoms with van der Waals surface area (Å²) in [5, 5.41) is 6.09. The van der Waals surface area contributed by atoms with E-state index < -0.39 is 0 Å². The van der Waals surface area contributed by atoms with Crippen molar-refractivity contribution < 1.29 is 9.53 Å². The van der Waals surface area contributed by atoms with E-state index in [1.54, 1.807) is 7.11 Å². The molecule has 0 aromatic heterocycles. The molecule has 1 aliphatic rings. The van der Waals surface area contributed by atoms with Gasteiger partial charge in [-0.05, 0) is 31.0 Å². The summed E-state index contributed by atoms with van der Waals surface area (Å²) in [5.41, 5.74) is 9.48. The molecule has 0 aliphatic carbocycles. The third-order valence-corrected chi connectivity index (χ3v) is 3.15. The van der Waals surface area contributed by atoms with Gasteiger partial charge in [0.05, 0.1) is 17.5 Å². The Balaban J connectivity index is 2.16. The van der Waals surface area contributed by atoms with E-state index in [9.17, 15) is 4.79 Å². The van der Waals surface area contributed by atoms with Gasteiger partial charge in [0.1, 0.15) is 0 Å². The van der Waals surface area contributed by atoms with Gasteiger partial charge in [0.2, 0.25) is 5.91 Å². The summed E-state index contributed by atoms with van der Waals surface area (Å²) in [5.74, 6) is 0.0588. The predicted octanol–water partition coefficient (Wildman–Crippen LogP) is 1.60. The van der Waals surface area contributed by atoms with Crippen molar-refractivity contribution in [1.82, 2.24) is 0 Å². The number of aryl methyl sites for hydroxylation is 1. The van der Waals surface area contributed by atoms with Crippen molar-refractivity contribution in [2.45, 2.75) is 25.9 Å². The maximum Gasteiger partial charge on any atom is 0.224 e. The molecule has 1 amide bonds. The van der Waals surface area contributed by atoms with Crippen LogP contribution in [-0.2, 0) is 16.0 Å². The average Bonchev–Trinajstić information content (AvgIpc) is 2.36. The van der Waals surface area contributed by atoms with Gasteiger partial charge >= 0.3 is 0 Å². The van der Waals surface area contributed by atoms with E-state index in [4.69, 9.17) is 10.5 Å². The summed E-state index contributed by atoms with van der Waals surface area (Å²) in [7, 11) is 1.67. The van der Waals surface area contributed by atoms with Crippen LogP contribution in [0.2, 0.25) is 0 Å². The Morgan fingerprint density at radius 1 is 1.50 bits per heavy atom. The number of nitrogen functional groups attached to an aromatic ring is 1. The molecule has 1 unspecified atom stereocenters. The molecule has 0 saturated heterocycles. The molecule has 0 spiro atoms. The van der Waals surface area contributed by atoms with Crippen LogP contribution >= 0.6 is 0 Å². The first kappa shape index (κ1) is 12.7. The normalized spacial score (nSPS) is 15.8. The summed E-state index contributed by atoms with van der Waals surface area (Å²) in [6, 6.07) is 3.82. The second-order valence-corrected chi connectivity index (χ2v) is 4.57. The molecule has 0 fully saturated rings. The molecule has 1 heterocycles. The van der Waals surface area contributed by atoms with Crippen molar-refractivity contribution >= 4 is 23.0 Å². The van der Waals surface area contributed by atoms with Crippen LogP contribution < -0.4 is 16.4 Å². The third kappa shape index (κ3) is 2.73. The molecule has 0 radical (unpaired) electrons. The SMILES string of the molecule is COC(C)CNc1cc2c(cc1N)CCC(=O)N2. The zero-order valence-corrected chi connectivity index (χ0v) is 10.7. The maximum atomic E-state index is 11.4. The lowest BCUT2D eigenvalue weighted by molar-refractivity contribution is -0.116. The van der Waals surface area contributed by atoms with E-state index in [1.165, 1.54) is 0 Å². The number of ether oxygens (including phenoxy) is 1. The topological polar surface area (TPSA) is 76.4 Å². The number of rotatable bonds is 4. The minimum absolute atomic E-state index is 0.0588. The summed E-state index contributed by atoms with van der Waals surface area (Å²) < 4.78 is 5.17. The van der Waals surface area contributed by atoms with Gasteiger partial charge < -0.3 is 21.1 Å². The van der Waals surface area contributed by atoms with Crippen LogP contribution in [0.25, 0.3) is 0 Å². The number of carbonyl (C=O) groups is 1. The number of anilines is 3. The Bertz CT molecular complexity index is 460. The molecular formula is C13H19N3O2. The lowest BCUT2D eigenvalue weighted by Crippen LogP contribution is -2.21. The van der Waals surface area contributed by atoms with Crippen LogP contribution in [0, 0.1) is 0 Å². The molecule has 5 heteroatoms. The fourth-order valence-electron chi connectivity index (χ4n) is 1.94. The number of carbonyl (C=O) groups excluding carboxylic acids is 1. The number of benzene rings is 1. The summed E-state index contributed by atoms with van der Waals surface area (Å²) >= 11 is 0. The highest BCUT2D eigenvalue weighted by atomic mass is 16.5. The minimum Gasteiger partial charge on any atom is -0.397 e. The first-order valence-corrected chi connectivity index (χ1v) is 6.09. The minimum atomic E-state index is 0.0588. The summed E-state index contributed by atoms with van der Waals surface area (Å²) in [6.45, 7) is 2.65. The molecule has 2 rings (SSSR count). The van der Waals surface area contributed by atoms with Crippen molar-refractivity contribution in [3.05, 3.63) is 17.7 Å². The lowest BCUT2D eigenvalue weighted by atomic mass is 10.0. The number of hydrogen-bond donors (Lipinski definition) is 3. The fourth-order valence-corrected chi connectivity index (χ4v) is 1.94. The third-order valence-electron chi connectivity index (χ3n) is 3.15. The van der Waals surface area contributed by atoms with Crippen molar-refractivity contribution in [3.63, 3.8) is 0 Å². The van der Waals surface area contributed by atoms with Crippen LogP contribution in [0.15, 0.2) is 12.1 Å². The largest absolute Gasteiger partial charge is 0.397 e. The first-order chi connectivity index (χ1) is 8.60. The first-order valence-electron chi connectivity index (χ1n) is 6.09. The molecule has 18 heavy (non-hydrogen) atoms. The number of hydrogen-bond acceptors (Lipinski definition) is 4. The Labute approximate surface area is 107 Å². The van der Waals surface area contributed by atoms with E-state index in [2.05, 4.69) is 10.6 Å². The quantitative estimate of drug-likeness (QED) is 0.708. The van der Waals surface area contributed by atoms with E-state index >= 15 is 0 Å². The van der Waals surface area contributed by atoms with E-state index in [-0.39, 0.29) is 12.0 Å². The van der Waals surface area contributed by atoms with Crippen LogP contribution in [0.3, 0.4) is 0 Å². The van der Waals surface area contributed by atoms with Crippen LogP contribution in [-0.4, -0.2) is 25.7 Å². The molecule has 5 nitrogen and oxygen atoms in total. The molecule has 4 N–H and O–H groups in total. The van der Waals surface area contributed by atoms with Gasteiger partial charge in [-0.15, -0.1) is 0 Å². The van der Waals surface area contributed by atoms with Crippen molar-refractivity contribution in [2.75, 3.05) is 30.0 Å². The molecule has 1 aliphatic heterocycles. The predicted molar refractivity (Wildman–Crippen MR) is 72.8 cm³/mol. The monoisotopic (exact) mass is 249 g/mol. The van der Waals surface area contributed by atoms with Gasteiger partial charge in [-0.1, -0.05) is 0 Å². The van der Waals surface area contributed by atoms with Gasteiger partial charge in [-0.25, -0.2) is 0 Å². The van der Waals surface area contributed by atoms with Gasteiger partial charge in [0, 0.05) is 25.8 Å². The van der Waals surface area contributed by atoms with Gasteiger partial charge in [0.25, 0.3) is 0 Å². The molecule has 1 aromatic rings. The van der Waals surface area contributed by atoms with Crippen LogP contribution in [0.4, 0.5) is 17.1 Å².